The van der Waals surface area contributed by atoms with Crippen molar-refractivity contribution in [3.05, 3.63) is 54.1 Å². The smallest absolute Gasteiger partial charge is 0.344 e. The summed E-state index contributed by atoms with van der Waals surface area (Å²) < 4.78 is 10.5. The molecule has 0 bridgehead atoms. The molecule has 2 aromatic rings. The van der Waals surface area contributed by atoms with Gasteiger partial charge in [0.2, 0.25) is 5.91 Å². The molecule has 0 fully saturated rings. The van der Waals surface area contributed by atoms with Gasteiger partial charge in [0.15, 0.2) is 13.2 Å². The average Bonchev–Trinajstić information content (AvgIpc) is 2.65. The maximum Gasteiger partial charge on any atom is 0.344 e. The maximum absolute atomic E-state index is 11.9. The predicted molar refractivity (Wildman–Crippen MR) is 111 cm³/mol. The second-order valence-electron chi connectivity index (χ2n) is 7.50. The van der Waals surface area contributed by atoms with Crippen molar-refractivity contribution < 1.29 is 23.9 Å². The number of para-hydroxylation sites is 1. The molecule has 2 amide bonds. The molecule has 0 atom stereocenters. The van der Waals surface area contributed by atoms with Gasteiger partial charge in [-0.15, -0.1) is 0 Å². The molecule has 0 heterocycles. The van der Waals surface area contributed by atoms with Crippen molar-refractivity contribution in [3.8, 4) is 5.75 Å². The van der Waals surface area contributed by atoms with E-state index in [1.54, 1.807) is 30.3 Å². The molecular formula is C22H26N2O5. The second kappa shape index (κ2) is 9.73. The summed E-state index contributed by atoms with van der Waals surface area (Å²) in [4.78, 5) is 34.9. The maximum atomic E-state index is 11.9. The van der Waals surface area contributed by atoms with Gasteiger partial charge in [0.1, 0.15) is 5.75 Å². The van der Waals surface area contributed by atoms with Crippen LogP contribution in [-0.2, 0) is 24.5 Å². The van der Waals surface area contributed by atoms with Gasteiger partial charge in [0, 0.05) is 18.3 Å². The highest BCUT2D eigenvalue weighted by atomic mass is 16.6. The highest BCUT2D eigenvalue weighted by molar-refractivity contribution is 5.93. The van der Waals surface area contributed by atoms with Gasteiger partial charge >= 0.3 is 5.97 Å². The van der Waals surface area contributed by atoms with Crippen LogP contribution in [0.25, 0.3) is 0 Å². The number of nitrogens with one attached hydrogen (secondary N) is 2. The Hall–Kier alpha value is -3.35. The van der Waals surface area contributed by atoms with E-state index in [2.05, 4.69) is 31.4 Å². The molecule has 7 nitrogen and oxygen atoms in total. The average molecular weight is 398 g/mol. The third-order valence-corrected chi connectivity index (χ3v) is 3.89. The van der Waals surface area contributed by atoms with Crippen molar-refractivity contribution in [3.63, 3.8) is 0 Å². The molecule has 0 spiro atoms. The van der Waals surface area contributed by atoms with Gasteiger partial charge in [-0.25, -0.2) is 4.79 Å². The summed E-state index contributed by atoms with van der Waals surface area (Å²) in [5.41, 5.74) is 1.99. The molecule has 2 N–H and O–H groups in total. The molecule has 2 rings (SSSR count). The molecule has 0 radical (unpaired) electrons. The van der Waals surface area contributed by atoms with Crippen LogP contribution < -0.4 is 15.4 Å². The summed E-state index contributed by atoms with van der Waals surface area (Å²) in [6, 6.07) is 14.1. The lowest BCUT2D eigenvalue weighted by atomic mass is 9.86. The van der Waals surface area contributed by atoms with E-state index in [1.165, 1.54) is 6.92 Å². The highest BCUT2D eigenvalue weighted by Gasteiger charge is 2.19. The number of anilines is 2. The monoisotopic (exact) mass is 398 g/mol. The number of benzene rings is 2. The van der Waals surface area contributed by atoms with Gasteiger partial charge in [0.05, 0.1) is 0 Å². The topological polar surface area (TPSA) is 93.7 Å². The number of hydrogen-bond donors (Lipinski definition) is 2. The Balaban J connectivity index is 1.79. The Bertz CT molecular complexity index is 870. The van der Waals surface area contributed by atoms with Gasteiger partial charge in [-0.3, -0.25) is 9.59 Å². The second-order valence-corrected chi connectivity index (χ2v) is 7.50. The first-order valence-corrected chi connectivity index (χ1v) is 9.20. The fraction of sp³-hybridized carbons (Fsp3) is 0.318. The minimum Gasteiger partial charge on any atom is -0.482 e. The van der Waals surface area contributed by atoms with Crippen LogP contribution in [0.4, 0.5) is 11.4 Å². The third kappa shape index (κ3) is 7.29. The van der Waals surface area contributed by atoms with Crippen molar-refractivity contribution in [1.82, 2.24) is 0 Å². The number of esters is 1. The zero-order chi connectivity index (χ0) is 21.4. The van der Waals surface area contributed by atoms with E-state index in [9.17, 15) is 14.4 Å². The molecule has 154 valence electrons. The zero-order valence-electron chi connectivity index (χ0n) is 17.1. The quantitative estimate of drug-likeness (QED) is 0.696. The Morgan fingerprint density at radius 3 is 2.03 bits per heavy atom. The lowest BCUT2D eigenvalue weighted by Crippen LogP contribution is -2.24. The van der Waals surface area contributed by atoms with Crippen molar-refractivity contribution in [2.24, 2.45) is 0 Å². The number of amides is 2. The van der Waals surface area contributed by atoms with Crippen LogP contribution in [0.5, 0.6) is 5.75 Å². The molecule has 0 aliphatic carbocycles. The van der Waals surface area contributed by atoms with Crippen molar-refractivity contribution in [2.45, 2.75) is 33.1 Å². The van der Waals surface area contributed by atoms with Gasteiger partial charge in [-0.1, -0.05) is 39.0 Å². The Morgan fingerprint density at radius 2 is 1.45 bits per heavy atom. The van der Waals surface area contributed by atoms with E-state index < -0.39 is 18.5 Å². The van der Waals surface area contributed by atoms with E-state index in [-0.39, 0.29) is 17.9 Å². The molecule has 0 aromatic heterocycles. The predicted octanol–water partition coefficient (Wildman–Crippen LogP) is 3.50. The fourth-order valence-electron chi connectivity index (χ4n) is 2.57. The lowest BCUT2D eigenvalue weighted by Gasteiger charge is -2.22. The summed E-state index contributed by atoms with van der Waals surface area (Å²) in [7, 11) is 0. The van der Waals surface area contributed by atoms with Crippen LogP contribution >= 0.6 is 0 Å². The van der Waals surface area contributed by atoms with E-state index in [4.69, 9.17) is 9.47 Å². The molecule has 0 saturated carbocycles. The number of rotatable bonds is 7. The SMILES string of the molecule is CC(=O)Nc1ccc(NC(=O)COC(=O)COc2ccccc2C(C)(C)C)cc1. The van der Waals surface area contributed by atoms with Gasteiger partial charge < -0.3 is 20.1 Å². The number of hydrogen-bond acceptors (Lipinski definition) is 5. The standard InChI is InChI=1S/C22H26N2O5/c1-15(25)23-16-9-11-17(12-10-16)24-20(26)13-29-21(27)14-28-19-8-6-5-7-18(19)22(2,3)4/h5-12H,13-14H2,1-4H3,(H,23,25)(H,24,26). The van der Waals surface area contributed by atoms with Crippen LogP contribution in [0, 0.1) is 0 Å². The van der Waals surface area contributed by atoms with Gasteiger partial charge in [-0.05, 0) is 41.3 Å². The van der Waals surface area contributed by atoms with E-state index in [0.717, 1.165) is 5.56 Å². The molecule has 29 heavy (non-hydrogen) atoms. The van der Waals surface area contributed by atoms with Crippen LogP contribution in [0.1, 0.15) is 33.3 Å². The molecule has 7 heteroatoms. The fourth-order valence-corrected chi connectivity index (χ4v) is 2.57. The Kier molecular flexibility index (Phi) is 7.36. The number of ether oxygens (including phenoxy) is 2. The third-order valence-electron chi connectivity index (χ3n) is 3.89. The largest absolute Gasteiger partial charge is 0.482 e. The minimum absolute atomic E-state index is 0.129. The van der Waals surface area contributed by atoms with Crippen molar-refractivity contribution >= 4 is 29.2 Å². The first-order valence-electron chi connectivity index (χ1n) is 9.20. The summed E-state index contributed by atoms with van der Waals surface area (Å²) in [5.74, 6) is -0.674. The van der Waals surface area contributed by atoms with Crippen LogP contribution in [0.15, 0.2) is 48.5 Å². The number of carbonyl (C=O) groups excluding carboxylic acids is 3. The molecule has 2 aromatic carbocycles. The minimum atomic E-state index is -0.634. The molecule has 0 aliphatic heterocycles. The first-order chi connectivity index (χ1) is 13.6. The van der Waals surface area contributed by atoms with Crippen molar-refractivity contribution in [2.75, 3.05) is 23.8 Å². The molecular weight excluding hydrogens is 372 g/mol. The van der Waals surface area contributed by atoms with E-state index in [0.29, 0.717) is 17.1 Å². The first kappa shape index (κ1) is 21.9. The molecule has 0 aliphatic rings. The normalized spacial score (nSPS) is 10.8. The lowest BCUT2D eigenvalue weighted by molar-refractivity contribution is -0.149. The highest BCUT2D eigenvalue weighted by Crippen LogP contribution is 2.30. The summed E-state index contributed by atoms with van der Waals surface area (Å²) >= 11 is 0. The summed E-state index contributed by atoms with van der Waals surface area (Å²) in [5, 5.41) is 5.24. The van der Waals surface area contributed by atoms with E-state index in [1.807, 2.05) is 18.2 Å². The van der Waals surface area contributed by atoms with Crippen molar-refractivity contribution in [1.29, 1.82) is 0 Å². The zero-order valence-corrected chi connectivity index (χ0v) is 17.1. The van der Waals surface area contributed by atoms with Gasteiger partial charge in [-0.2, -0.15) is 0 Å². The Morgan fingerprint density at radius 1 is 0.862 bits per heavy atom. The summed E-state index contributed by atoms with van der Waals surface area (Å²) in [6.45, 7) is 6.87. The van der Waals surface area contributed by atoms with Crippen LogP contribution in [0.2, 0.25) is 0 Å². The molecule has 0 saturated heterocycles. The Labute approximate surface area is 170 Å². The van der Waals surface area contributed by atoms with Gasteiger partial charge in [0.25, 0.3) is 5.91 Å². The van der Waals surface area contributed by atoms with Crippen LogP contribution in [-0.4, -0.2) is 31.0 Å². The number of carbonyl (C=O) groups is 3. The van der Waals surface area contributed by atoms with Crippen LogP contribution in [0.3, 0.4) is 0 Å². The molecule has 0 unspecified atom stereocenters. The summed E-state index contributed by atoms with van der Waals surface area (Å²) in [6.07, 6.45) is 0. The van der Waals surface area contributed by atoms with E-state index >= 15 is 0 Å².